The molecule has 0 aromatic heterocycles. The highest BCUT2D eigenvalue weighted by molar-refractivity contribution is 5.97. The van der Waals surface area contributed by atoms with Crippen LogP contribution in [0.1, 0.15) is 62.3 Å². The Labute approximate surface area is 209 Å². The van der Waals surface area contributed by atoms with Crippen LogP contribution in [-0.2, 0) is 9.47 Å². The summed E-state index contributed by atoms with van der Waals surface area (Å²) in [5.74, 6) is 0.0372. The summed E-state index contributed by atoms with van der Waals surface area (Å²) in [6.07, 6.45) is 0. The molecule has 4 nitrogen and oxygen atoms in total. The minimum absolute atomic E-state index is 0.0186. The summed E-state index contributed by atoms with van der Waals surface area (Å²) >= 11 is 0. The summed E-state index contributed by atoms with van der Waals surface area (Å²) < 4.78 is 8.50. The van der Waals surface area contributed by atoms with Crippen molar-refractivity contribution in [3.63, 3.8) is 0 Å². The number of carbonyl (C=O) groups excluding carboxylic acids is 2. The Morgan fingerprint density at radius 3 is 0.647 bits per heavy atom. The van der Waals surface area contributed by atoms with E-state index in [1.165, 1.54) is 13.8 Å². The van der Waals surface area contributed by atoms with Gasteiger partial charge in [0.25, 0.3) is 0 Å². The molecule has 0 saturated carbocycles. The molecule has 0 aliphatic heterocycles. The van der Waals surface area contributed by atoms with Gasteiger partial charge in [0.15, 0.2) is 11.6 Å². The predicted molar refractivity (Wildman–Crippen MR) is 148 cm³/mol. The van der Waals surface area contributed by atoms with Crippen molar-refractivity contribution >= 4 is 11.6 Å². The topological polar surface area (TPSA) is 52.6 Å². The van der Waals surface area contributed by atoms with Crippen LogP contribution in [0.5, 0.6) is 0 Å². The van der Waals surface area contributed by atoms with Crippen LogP contribution in [0.25, 0.3) is 0 Å². The van der Waals surface area contributed by atoms with E-state index in [1.807, 2.05) is 100 Å². The summed E-state index contributed by atoms with van der Waals surface area (Å²) in [6.45, 7) is 11.0. The molecule has 0 saturated heterocycles. The number of hydrogen-bond donors (Lipinski definition) is 0. The molecule has 0 atom stereocenters. The molecule has 0 unspecified atom stereocenters. The zero-order valence-corrected chi connectivity index (χ0v) is 22.9. The Morgan fingerprint density at radius 2 is 0.559 bits per heavy atom. The Morgan fingerprint density at radius 1 is 0.441 bits per heavy atom. The van der Waals surface area contributed by atoms with Crippen molar-refractivity contribution in [1.82, 2.24) is 0 Å². The number of hydrogen-bond acceptors (Lipinski definition) is 4. The van der Waals surface area contributed by atoms with Crippen LogP contribution in [0.4, 0.5) is 0 Å². The molecule has 0 spiro atoms. The highest BCUT2D eigenvalue weighted by Crippen LogP contribution is 2.05. The van der Waals surface area contributed by atoms with Crippen LogP contribution in [0.15, 0.2) is 97.1 Å². The molecule has 0 radical (unpaired) electrons. The third-order valence-electron chi connectivity index (χ3n) is 3.03. The van der Waals surface area contributed by atoms with E-state index in [-0.39, 0.29) is 11.6 Å². The second kappa shape index (κ2) is 34.5. The van der Waals surface area contributed by atoms with Crippen molar-refractivity contribution in [2.24, 2.45) is 0 Å². The van der Waals surface area contributed by atoms with Crippen LogP contribution in [0.3, 0.4) is 0 Å². The standard InChI is InChI=1S/C10H10O2.2C6H6.2C2H6O.2C2H6/c1-7(11)9-3-5-10(6-4-9)8(2)12;2*1-2-4-6-5-3-1;2*1-3-2;2*1-2/h3-6H,1-2H3;2*1-6H;2*1-2H3;2*1-2H3. The molecule has 4 heteroatoms. The van der Waals surface area contributed by atoms with Gasteiger partial charge in [-0.05, 0) is 13.8 Å². The smallest absolute Gasteiger partial charge is 0.159 e. The van der Waals surface area contributed by atoms with Gasteiger partial charge < -0.3 is 9.47 Å². The van der Waals surface area contributed by atoms with Crippen molar-refractivity contribution in [2.45, 2.75) is 41.5 Å². The molecule has 3 aromatic carbocycles. The SMILES string of the molecule is CC.CC.CC(=O)c1ccc(C(C)=O)cc1.COC.COC.c1ccccc1.c1ccccc1. The van der Waals surface area contributed by atoms with Gasteiger partial charge in [-0.2, -0.15) is 0 Å². The molecule has 34 heavy (non-hydrogen) atoms. The zero-order valence-electron chi connectivity index (χ0n) is 22.9. The number of benzene rings is 3. The van der Waals surface area contributed by atoms with E-state index in [4.69, 9.17) is 0 Å². The first-order valence-electron chi connectivity index (χ1n) is 11.4. The zero-order chi connectivity index (χ0) is 27.0. The summed E-state index contributed by atoms with van der Waals surface area (Å²) in [7, 11) is 6.50. The Bertz CT molecular complexity index is 620. The normalized spacial score (nSPS) is 7.59. The molecule has 0 aliphatic rings. The first-order valence-corrected chi connectivity index (χ1v) is 11.4. The third-order valence-corrected chi connectivity index (χ3v) is 3.03. The maximum atomic E-state index is 10.8. The maximum Gasteiger partial charge on any atom is 0.159 e. The Hall–Kier alpha value is -3.08. The van der Waals surface area contributed by atoms with Crippen molar-refractivity contribution in [3.05, 3.63) is 108 Å². The quantitative estimate of drug-likeness (QED) is 0.356. The molecule has 0 amide bonds. The highest BCUT2D eigenvalue weighted by atomic mass is 16.5. The van der Waals surface area contributed by atoms with E-state index in [0.717, 1.165) is 0 Å². The number of Topliss-reactive ketones (excluding diaryl/α,β-unsaturated/α-hetero) is 2. The Balaban J connectivity index is -0.000000175. The number of rotatable bonds is 2. The number of ether oxygens (including phenoxy) is 2. The van der Waals surface area contributed by atoms with E-state index in [0.29, 0.717) is 11.1 Å². The number of methoxy groups -OCH3 is 2. The van der Waals surface area contributed by atoms with Gasteiger partial charge in [-0.3, -0.25) is 9.59 Å². The van der Waals surface area contributed by atoms with E-state index >= 15 is 0 Å². The summed E-state index contributed by atoms with van der Waals surface area (Å²) in [4.78, 5) is 21.7. The first-order chi connectivity index (χ1) is 16.4. The molecule has 0 aliphatic carbocycles. The minimum Gasteiger partial charge on any atom is -0.388 e. The molecule has 0 heterocycles. The molecule has 190 valence electrons. The van der Waals surface area contributed by atoms with E-state index in [1.54, 1.807) is 52.7 Å². The second-order valence-electron chi connectivity index (χ2n) is 5.82. The van der Waals surface area contributed by atoms with E-state index < -0.39 is 0 Å². The number of ketones is 2. The van der Waals surface area contributed by atoms with Crippen molar-refractivity contribution in [2.75, 3.05) is 28.4 Å². The van der Waals surface area contributed by atoms with Crippen molar-refractivity contribution < 1.29 is 19.1 Å². The van der Waals surface area contributed by atoms with Crippen molar-refractivity contribution in [1.29, 1.82) is 0 Å². The fraction of sp³-hybridized carbons (Fsp3) is 0.333. The summed E-state index contributed by atoms with van der Waals surface area (Å²) in [6, 6.07) is 30.7. The summed E-state index contributed by atoms with van der Waals surface area (Å²) in [5.41, 5.74) is 1.28. The molecule has 0 bridgehead atoms. The average Bonchev–Trinajstić information content (AvgIpc) is 2.90. The Kier molecular flexibility index (Phi) is 38.8. The van der Waals surface area contributed by atoms with Gasteiger partial charge in [0.05, 0.1) is 0 Å². The monoisotopic (exact) mass is 470 g/mol. The lowest BCUT2D eigenvalue weighted by Crippen LogP contribution is -1.95. The fourth-order valence-electron chi connectivity index (χ4n) is 1.71. The lowest BCUT2D eigenvalue weighted by atomic mass is 10.1. The summed E-state index contributed by atoms with van der Waals surface area (Å²) in [5, 5.41) is 0. The first kappa shape index (κ1) is 38.2. The van der Waals surface area contributed by atoms with Crippen LogP contribution in [-0.4, -0.2) is 40.0 Å². The maximum absolute atomic E-state index is 10.8. The van der Waals surface area contributed by atoms with Gasteiger partial charge in [-0.1, -0.05) is 125 Å². The van der Waals surface area contributed by atoms with Gasteiger partial charge in [-0.25, -0.2) is 0 Å². The molecule has 0 N–H and O–H groups in total. The second-order valence-corrected chi connectivity index (χ2v) is 5.82. The van der Waals surface area contributed by atoms with E-state index in [9.17, 15) is 9.59 Å². The predicted octanol–water partition coefficient (Wildman–Crippen LogP) is 8.04. The van der Waals surface area contributed by atoms with E-state index in [2.05, 4.69) is 9.47 Å². The third kappa shape index (κ3) is 31.1. The largest absolute Gasteiger partial charge is 0.388 e. The van der Waals surface area contributed by atoms with Gasteiger partial charge in [0.2, 0.25) is 0 Å². The van der Waals surface area contributed by atoms with Crippen LogP contribution in [0, 0.1) is 0 Å². The highest BCUT2D eigenvalue weighted by Gasteiger charge is 2.00. The lowest BCUT2D eigenvalue weighted by Gasteiger charge is -1.96. The molecule has 3 rings (SSSR count). The molecule has 3 aromatic rings. The van der Waals surface area contributed by atoms with Crippen molar-refractivity contribution in [3.8, 4) is 0 Å². The van der Waals surface area contributed by atoms with Crippen LogP contribution < -0.4 is 0 Å². The van der Waals surface area contributed by atoms with Gasteiger partial charge in [0, 0.05) is 39.6 Å². The fourth-order valence-corrected chi connectivity index (χ4v) is 1.71. The van der Waals surface area contributed by atoms with Crippen LogP contribution >= 0.6 is 0 Å². The number of carbonyl (C=O) groups is 2. The molecular formula is C30H46O4. The lowest BCUT2D eigenvalue weighted by molar-refractivity contribution is 0.100. The van der Waals surface area contributed by atoms with Crippen LogP contribution in [0.2, 0.25) is 0 Å². The van der Waals surface area contributed by atoms with Gasteiger partial charge in [-0.15, -0.1) is 0 Å². The molecular weight excluding hydrogens is 424 g/mol. The molecule has 0 fully saturated rings. The van der Waals surface area contributed by atoms with Gasteiger partial charge >= 0.3 is 0 Å². The minimum atomic E-state index is 0.0186. The average molecular weight is 471 g/mol. The van der Waals surface area contributed by atoms with Gasteiger partial charge in [0.1, 0.15) is 0 Å².